The fourth-order valence-corrected chi connectivity index (χ4v) is 5.77. The Morgan fingerprint density at radius 2 is 1.87 bits per heavy atom. The molecule has 0 radical (unpaired) electrons. The molecule has 2 aliphatic carbocycles. The van der Waals surface area contributed by atoms with Crippen LogP contribution in [0.1, 0.15) is 60.3 Å². The lowest BCUT2D eigenvalue weighted by Crippen LogP contribution is -2.33. The van der Waals surface area contributed by atoms with Gasteiger partial charge in [0.15, 0.2) is 0 Å². The first kappa shape index (κ1) is 25.0. The van der Waals surface area contributed by atoms with Gasteiger partial charge < -0.3 is 20.6 Å². The summed E-state index contributed by atoms with van der Waals surface area (Å²) in [6.07, 6.45) is 12.9. The van der Waals surface area contributed by atoms with Gasteiger partial charge in [0.05, 0.1) is 23.3 Å². The average Bonchev–Trinajstić information content (AvgIpc) is 3.43. The van der Waals surface area contributed by atoms with E-state index < -0.39 is 11.3 Å². The summed E-state index contributed by atoms with van der Waals surface area (Å²) in [5.41, 5.74) is 9.97. The monoisotopic (exact) mass is 521 g/mol. The molecule has 4 N–H and O–H groups in total. The van der Waals surface area contributed by atoms with E-state index >= 15 is 0 Å². The van der Waals surface area contributed by atoms with Crippen molar-refractivity contribution >= 4 is 17.3 Å². The number of primary amides is 1. The quantitative estimate of drug-likeness (QED) is 0.412. The summed E-state index contributed by atoms with van der Waals surface area (Å²) in [4.78, 5) is 17.0. The van der Waals surface area contributed by atoms with Gasteiger partial charge in [-0.15, -0.1) is 10.2 Å². The molecule has 8 heteroatoms. The van der Waals surface area contributed by atoms with Gasteiger partial charge >= 0.3 is 0 Å². The molecule has 1 aliphatic heterocycles. The predicted molar refractivity (Wildman–Crippen MR) is 150 cm³/mol. The molecular weight excluding hydrogens is 490 g/mol. The maximum atomic E-state index is 12.2. The molecule has 1 saturated carbocycles. The largest absolute Gasteiger partial charge is 0.420 e. The standard InChI is InChI=1S/C31H31N5O3/c1-31-16-17-33-27(20-10-15-23(28(32)38)26(18-20)34-21-11-13-22(37)14-12-21)24(31)8-5-9-25(31)30-36-35-29(39-30)19-6-3-2-4-7-19/h2-10,15-18,21-22,25,34,37H,11-14H2,1H3,(H2,32,38). The summed E-state index contributed by atoms with van der Waals surface area (Å²) in [5, 5.41) is 22.1. The van der Waals surface area contributed by atoms with Gasteiger partial charge in [0.2, 0.25) is 11.8 Å². The smallest absolute Gasteiger partial charge is 0.250 e. The highest BCUT2D eigenvalue weighted by molar-refractivity contribution is 6.16. The Bertz CT molecular complexity index is 1510. The lowest BCUT2D eigenvalue weighted by atomic mass is 9.65. The van der Waals surface area contributed by atoms with E-state index in [9.17, 15) is 9.90 Å². The fourth-order valence-electron chi connectivity index (χ4n) is 5.77. The summed E-state index contributed by atoms with van der Waals surface area (Å²) in [7, 11) is 0. The Balaban J connectivity index is 1.31. The number of anilines is 1. The Morgan fingerprint density at radius 1 is 1.08 bits per heavy atom. The van der Waals surface area contributed by atoms with Crippen LogP contribution in [0, 0.1) is 5.41 Å². The maximum Gasteiger partial charge on any atom is 0.250 e. The van der Waals surface area contributed by atoms with E-state index in [1.807, 2.05) is 54.7 Å². The summed E-state index contributed by atoms with van der Waals surface area (Å²) >= 11 is 0. The Hall–Kier alpha value is -4.30. The Labute approximate surface area is 227 Å². The van der Waals surface area contributed by atoms with Crippen LogP contribution in [-0.2, 0) is 0 Å². The van der Waals surface area contributed by atoms with Gasteiger partial charge in [0, 0.05) is 34.5 Å². The number of aliphatic imine (C=N–C) groups is 1. The van der Waals surface area contributed by atoms with Gasteiger partial charge in [0.25, 0.3) is 5.91 Å². The van der Waals surface area contributed by atoms with Gasteiger partial charge in [-0.05, 0) is 55.5 Å². The summed E-state index contributed by atoms with van der Waals surface area (Å²) in [6, 6.07) is 15.5. The number of aromatic nitrogens is 2. The van der Waals surface area contributed by atoms with Crippen molar-refractivity contribution in [2.24, 2.45) is 16.1 Å². The van der Waals surface area contributed by atoms with Gasteiger partial charge in [-0.3, -0.25) is 9.79 Å². The maximum absolute atomic E-state index is 12.2. The highest BCUT2D eigenvalue weighted by Gasteiger charge is 2.43. The molecule has 3 aliphatic rings. The molecule has 1 aromatic heterocycles. The van der Waals surface area contributed by atoms with Crippen LogP contribution < -0.4 is 11.1 Å². The number of hydrogen-bond donors (Lipinski definition) is 3. The highest BCUT2D eigenvalue weighted by Crippen LogP contribution is 2.49. The minimum atomic E-state index is -0.485. The number of aliphatic hydroxyl groups excluding tert-OH is 1. The minimum absolute atomic E-state index is 0.165. The van der Waals surface area contributed by atoms with Crippen molar-refractivity contribution in [3.8, 4) is 11.5 Å². The lowest BCUT2D eigenvalue weighted by Gasteiger charge is -2.38. The van der Waals surface area contributed by atoms with Crippen molar-refractivity contribution in [3.63, 3.8) is 0 Å². The number of aliphatic hydroxyl groups is 1. The van der Waals surface area contributed by atoms with Crippen LogP contribution in [0.5, 0.6) is 0 Å². The zero-order valence-corrected chi connectivity index (χ0v) is 21.7. The molecule has 198 valence electrons. The number of benzene rings is 2. The number of nitrogens with zero attached hydrogens (tertiary/aromatic N) is 3. The predicted octanol–water partition coefficient (Wildman–Crippen LogP) is 5.15. The number of fused-ring (bicyclic) bond motifs is 1. The first-order valence-electron chi connectivity index (χ1n) is 13.3. The Morgan fingerprint density at radius 3 is 2.64 bits per heavy atom. The number of hydrogen-bond acceptors (Lipinski definition) is 7. The van der Waals surface area contributed by atoms with Crippen molar-refractivity contribution in [2.75, 3.05) is 5.32 Å². The van der Waals surface area contributed by atoms with Crippen molar-refractivity contribution in [2.45, 2.75) is 50.7 Å². The summed E-state index contributed by atoms with van der Waals surface area (Å²) in [5.74, 6) is 0.358. The topological polar surface area (TPSA) is 127 Å². The average molecular weight is 522 g/mol. The molecule has 1 fully saturated rings. The minimum Gasteiger partial charge on any atom is -0.420 e. The summed E-state index contributed by atoms with van der Waals surface area (Å²) < 4.78 is 6.16. The van der Waals surface area contributed by atoms with Crippen LogP contribution in [0.3, 0.4) is 0 Å². The van der Waals surface area contributed by atoms with Crippen LogP contribution in [0.2, 0.25) is 0 Å². The molecule has 0 saturated heterocycles. The lowest BCUT2D eigenvalue weighted by molar-refractivity contribution is 0.100. The zero-order valence-electron chi connectivity index (χ0n) is 21.7. The van der Waals surface area contributed by atoms with E-state index in [4.69, 9.17) is 15.1 Å². The molecule has 1 amide bonds. The highest BCUT2D eigenvalue weighted by atomic mass is 16.4. The van der Waals surface area contributed by atoms with Gasteiger partial charge in [0.1, 0.15) is 0 Å². The first-order chi connectivity index (χ1) is 18.9. The van der Waals surface area contributed by atoms with Crippen LogP contribution in [0.15, 0.2) is 94.0 Å². The fraction of sp³-hybridized carbons (Fsp3) is 0.290. The number of allylic oxidation sites excluding steroid dienone is 5. The molecule has 0 bridgehead atoms. The van der Waals surface area contributed by atoms with E-state index in [1.54, 1.807) is 6.07 Å². The normalized spacial score (nSPS) is 25.9. The molecular formula is C31H31N5O3. The number of nitrogens with two attached hydrogens (primary N) is 1. The van der Waals surface area contributed by atoms with Crippen molar-refractivity contribution < 1.29 is 14.3 Å². The van der Waals surface area contributed by atoms with E-state index in [0.29, 0.717) is 23.0 Å². The van der Waals surface area contributed by atoms with E-state index in [2.05, 4.69) is 40.7 Å². The molecule has 2 heterocycles. The molecule has 8 nitrogen and oxygen atoms in total. The number of rotatable bonds is 6. The molecule has 3 aromatic rings. The number of amides is 1. The second-order valence-electron chi connectivity index (χ2n) is 10.6. The third-order valence-electron chi connectivity index (χ3n) is 8.01. The summed E-state index contributed by atoms with van der Waals surface area (Å²) in [6.45, 7) is 2.15. The van der Waals surface area contributed by atoms with Crippen LogP contribution in [0.25, 0.3) is 11.5 Å². The van der Waals surface area contributed by atoms with E-state index in [-0.39, 0.29) is 18.1 Å². The zero-order chi connectivity index (χ0) is 27.0. The Kier molecular flexibility index (Phi) is 6.48. The molecule has 6 rings (SSSR count). The molecule has 0 spiro atoms. The number of carbonyl (C=O) groups excluding carboxylic acids is 1. The molecule has 2 aromatic carbocycles. The molecule has 39 heavy (non-hydrogen) atoms. The second-order valence-corrected chi connectivity index (χ2v) is 10.6. The van der Waals surface area contributed by atoms with Crippen LogP contribution in [-0.4, -0.2) is 39.1 Å². The first-order valence-corrected chi connectivity index (χ1v) is 13.3. The number of nitrogens with one attached hydrogen (secondary N) is 1. The third kappa shape index (κ3) is 4.72. The van der Waals surface area contributed by atoms with E-state index in [1.165, 1.54) is 0 Å². The van der Waals surface area contributed by atoms with E-state index in [0.717, 1.165) is 48.1 Å². The molecule has 2 atom stereocenters. The third-order valence-corrected chi connectivity index (χ3v) is 8.01. The van der Waals surface area contributed by atoms with Crippen LogP contribution in [0.4, 0.5) is 5.69 Å². The second kappa shape index (κ2) is 10.1. The van der Waals surface area contributed by atoms with Crippen molar-refractivity contribution in [1.82, 2.24) is 10.2 Å². The SMILES string of the molecule is CC12C=CN=C(c3ccc(C(N)=O)c(NC4CCC(O)CC4)c3)C1=CC=CC2c1nnc(-c2ccccc2)o1. The van der Waals surface area contributed by atoms with Crippen LogP contribution >= 0.6 is 0 Å². The van der Waals surface area contributed by atoms with Gasteiger partial charge in [-0.2, -0.15) is 0 Å². The molecule has 2 unspecified atom stereocenters. The van der Waals surface area contributed by atoms with Crippen molar-refractivity contribution in [1.29, 1.82) is 0 Å². The number of carbonyl (C=O) groups is 1. The van der Waals surface area contributed by atoms with Crippen molar-refractivity contribution in [3.05, 3.63) is 102 Å². The van der Waals surface area contributed by atoms with Gasteiger partial charge in [-0.1, -0.05) is 55.5 Å². The van der Waals surface area contributed by atoms with Gasteiger partial charge in [-0.25, -0.2) is 0 Å².